The second-order valence-electron chi connectivity index (χ2n) is 4.97. The molecule has 0 spiro atoms. The Morgan fingerprint density at radius 1 is 1.39 bits per heavy atom. The predicted molar refractivity (Wildman–Crippen MR) is 76.6 cm³/mol. The first-order valence-electron chi connectivity index (χ1n) is 6.38. The standard InChI is InChI=1S/C14H19Cl2NO/c1-2-17-9-14(6-7-18-10-14)8-11-4-3-5-12(15)13(11)16/h3-5,17H,2,6-10H2,1H3. The summed E-state index contributed by atoms with van der Waals surface area (Å²) in [6.07, 6.45) is 1.99. The number of hydrogen-bond donors (Lipinski definition) is 1. The maximum atomic E-state index is 6.27. The summed E-state index contributed by atoms with van der Waals surface area (Å²) < 4.78 is 5.58. The Morgan fingerprint density at radius 2 is 2.22 bits per heavy atom. The molecule has 1 fully saturated rings. The van der Waals surface area contributed by atoms with Crippen LogP contribution in [0, 0.1) is 5.41 Å². The Balaban J connectivity index is 2.15. The smallest absolute Gasteiger partial charge is 0.0624 e. The zero-order valence-electron chi connectivity index (χ0n) is 10.6. The van der Waals surface area contributed by atoms with Crippen LogP contribution in [-0.2, 0) is 11.2 Å². The van der Waals surface area contributed by atoms with Crippen molar-refractivity contribution in [1.29, 1.82) is 0 Å². The Bertz CT molecular complexity index is 403. The molecule has 1 N–H and O–H groups in total. The van der Waals surface area contributed by atoms with E-state index in [1.165, 1.54) is 0 Å². The van der Waals surface area contributed by atoms with E-state index in [1.807, 2.05) is 12.1 Å². The van der Waals surface area contributed by atoms with Gasteiger partial charge in [0.05, 0.1) is 16.7 Å². The highest BCUT2D eigenvalue weighted by Crippen LogP contribution is 2.36. The van der Waals surface area contributed by atoms with Crippen molar-refractivity contribution in [2.24, 2.45) is 5.41 Å². The van der Waals surface area contributed by atoms with Crippen molar-refractivity contribution < 1.29 is 4.74 Å². The maximum absolute atomic E-state index is 6.27. The van der Waals surface area contributed by atoms with Crippen molar-refractivity contribution in [3.8, 4) is 0 Å². The molecule has 0 bridgehead atoms. The summed E-state index contributed by atoms with van der Waals surface area (Å²) >= 11 is 12.3. The van der Waals surface area contributed by atoms with Crippen LogP contribution < -0.4 is 5.32 Å². The zero-order chi connectivity index (χ0) is 13.0. The van der Waals surface area contributed by atoms with Gasteiger partial charge in [-0.2, -0.15) is 0 Å². The fourth-order valence-corrected chi connectivity index (χ4v) is 2.86. The van der Waals surface area contributed by atoms with Gasteiger partial charge in [-0.25, -0.2) is 0 Å². The molecule has 0 aliphatic carbocycles. The third-order valence-corrected chi connectivity index (χ3v) is 4.39. The molecule has 1 saturated heterocycles. The minimum atomic E-state index is 0.157. The van der Waals surface area contributed by atoms with Gasteiger partial charge in [-0.1, -0.05) is 42.3 Å². The number of hydrogen-bond acceptors (Lipinski definition) is 2. The van der Waals surface area contributed by atoms with Crippen LogP contribution in [0.3, 0.4) is 0 Å². The molecule has 0 amide bonds. The van der Waals surface area contributed by atoms with Crippen molar-refractivity contribution in [1.82, 2.24) is 5.32 Å². The van der Waals surface area contributed by atoms with Crippen molar-refractivity contribution in [2.45, 2.75) is 19.8 Å². The van der Waals surface area contributed by atoms with Crippen LogP contribution in [0.4, 0.5) is 0 Å². The van der Waals surface area contributed by atoms with Crippen LogP contribution in [0.25, 0.3) is 0 Å². The maximum Gasteiger partial charge on any atom is 0.0624 e. The summed E-state index contributed by atoms with van der Waals surface area (Å²) in [7, 11) is 0. The van der Waals surface area contributed by atoms with Gasteiger partial charge in [-0.15, -0.1) is 0 Å². The lowest BCUT2D eigenvalue weighted by molar-refractivity contribution is 0.149. The molecule has 1 unspecified atom stereocenters. The topological polar surface area (TPSA) is 21.3 Å². The zero-order valence-corrected chi connectivity index (χ0v) is 12.2. The molecule has 1 aromatic carbocycles. The van der Waals surface area contributed by atoms with Crippen LogP contribution in [0.15, 0.2) is 18.2 Å². The Labute approximate surface area is 119 Å². The number of halogens is 2. The van der Waals surface area contributed by atoms with Gasteiger partial charge in [-0.3, -0.25) is 0 Å². The van der Waals surface area contributed by atoms with E-state index in [4.69, 9.17) is 27.9 Å². The largest absolute Gasteiger partial charge is 0.381 e. The highest BCUT2D eigenvalue weighted by molar-refractivity contribution is 6.42. The highest BCUT2D eigenvalue weighted by Gasteiger charge is 2.35. The lowest BCUT2D eigenvalue weighted by Crippen LogP contribution is -2.36. The summed E-state index contributed by atoms with van der Waals surface area (Å²) in [4.78, 5) is 0. The van der Waals surface area contributed by atoms with E-state index in [-0.39, 0.29) is 5.41 Å². The Hall–Kier alpha value is -0.280. The Morgan fingerprint density at radius 3 is 2.89 bits per heavy atom. The molecule has 2 rings (SSSR count). The molecule has 1 aliphatic rings. The van der Waals surface area contributed by atoms with Gasteiger partial charge in [-0.05, 0) is 31.0 Å². The molecule has 0 radical (unpaired) electrons. The third kappa shape index (κ3) is 3.18. The van der Waals surface area contributed by atoms with E-state index in [9.17, 15) is 0 Å². The predicted octanol–water partition coefficient (Wildman–Crippen LogP) is 3.55. The number of ether oxygens (including phenoxy) is 1. The van der Waals surface area contributed by atoms with Gasteiger partial charge >= 0.3 is 0 Å². The second kappa shape index (κ2) is 6.25. The molecular weight excluding hydrogens is 269 g/mol. The molecule has 1 atom stereocenters. The van der Waals surface area contributed by atoms with Crippen molar-refractivity contribution in [3.63, 3.8) is 0 Å². The molecule has 2 nitrogen and oxygen atoms in total. The second-order valence-corrected chi connectivity index (χ2v) is 5.76. The van der Waals surface area contributed by atoms with Crippen LogP contribution >= 0.6 is 23.2 Å². The number of benzene rings is 1. The average Bonchev–Trinajstić information content (AvgIpc) is 2.82. The molecule has 0 aromatic heterocycles. The third-order valence-electron chi connectivity index (χ3n) is 3.53. The van der Waals surface area contributed by atoms with E-state index < -0.39 is 0 Å². The van der Waals surface area contributed by atoms with E-state index >= 15 is 0 Å². The van der Waals surface area contributed by atoms with Crippen molar-refractivity contribution in [2.75, 3.05) is 26.3 Å². The van der Waals surface area contributed by atoms with Crippen molar-refractivity contribution >= 4 is 23.2 Å². The summed E-state index contributed by atoms with van der Waals surface area (Å²) in [5, 5.41) is 4.74. The molecule has 1 heterocycles. The van der Waals surface area contributed by atoms with Gasteiger partial charge in [0.1, 0.15) is 0 Å². The first-order valence-corrected chi connectivity index (χ1v) is 7.14. The van der Waals surface area contributed by atoms with Gasteiger partial charge in [0.25, 0.3) is 0 Å². The van der Waals surface area contributed by atoms with Gasteiger partial charge in [0.2, 0.25) is 0 Å². The summed E-state index contributed by atoms with van der Waals surface area (Å²) in [6, 6.07) is 5.84. The first-order chi connectivity index (χ1) is 8.67. The molecule has 4 heteroatoms. The number of nitrogens with one attached hydrogen (secondary N) is 1. The first kappa shape index (κ1) is 14.1. The molecule has 0 saturated carbocycles. The lowest BCUT2D eigenvalue weighted by Gasteiger charge is -2.28. The van der Waals surface area contributed by atoms with E-state index in [1.54, 1.807) is 0 Å². The van der Waals surface area contributed by atoms with Crippen LogP contribution in [0.5, 0.6) is 0 Å². The lowest BCUT2D eigenvalue weighted by atomic mass is 9.81. The fraction of sp³-hybridized carbons (Fsp3) is 0.571. The minimum Gasteiger partial charge on any atom is -0.381 e. The molecule has 1 aliphatic heterocycles. The van der Waals surface area contributed by atoms with Crippen molar-refractivity contribution in [3.05, 3.63) is 33.8 Å². The SMILES string of the molecule is CCNCC1(Cc2cccc(Cl)c2Cl)CCOC1. The minimum absolute atomic E-state index is 0.157. The average molecular weight is 288 g/mol. The summed E-state index contributed by atoms with van der Waals surface area (Å²) in [6.45, 7) is 5.69. The summed E-state index contributed by atoms with van der Waals surface area (Å²) in [5.74, 6) is 0. The van der Waals surface area contributed by atoms with Crippen LogP contribution in [-0.4, -0.2) is 26.3 Å². The molecular formula is C14H19Cl2NO. The van der Waals surface area contributed by atoms with Crippen LogP contribution in [0.2, 0.25) is 10.0 Å². The monoisotopic (exact) mass is 287 g/mol. The highest BCUT2D eigenvalue weighted by atomic mass is 35.5. The van der Waals surface area contributed by atoms with E-state index in [0.29, 0.717) is 10.0 Å². The van der Waals surface area contributed by atoms with Gasteiger partial charge in [0, 0.05) is 18.6 Å². The van der Waals surface area contributed by atoms with E-state index in [2.05, 4.69) is 18.3 Å². The Kier molecular flexibility index (Phi) is 4.91. The quantitative estimate of drug-likeness (QED) is 0.894. The normalized spacial score (nSPS) is 23.5. The molecule has 1 aromatic rings. The summed E-state index contributed by atoms with van der Waals surface area (Å²) in [5.41, 5.74) is 1.28. The molecule has 100 valence electrons. The fourth-order valence-electron chi connectivity index (χ4n) is 2.47. The van der Waals surface area contributed by atoms with E-state index in [0.717, 1.165) is 44.7 Å². The van der Waals surface area contributed by atoms with Gasteiger partial charge in [0.15, 0.2) is 0 Å². The van der Waals surface area contributed by atoms with Gasteiger partial charge < -0.3 is 10.1 Å². The molecule has 18 heavy (non-hydrogen) atoms. The number of rotatable bonds is 5. The van der Waals surface area contributed by atoms with Crippen LogP contribution in [0.1, 0.15) is 18.9 Å².